The van der Waals surface area contributed by atoms with Crippen LogP contribution in [-0.2, 0) is 11.0 Å². The lowest BCUT2D eigenvalue weighted by Gasteiger charge is -2.13. The highest BCUT2D eigenvalue weighted by atomic mass is 19.4. The van der Waals surface area contributed by atoms with Crippen molar-refractivity contribution in [2.45, 2.75) is 20.0 Å². The Morgan fingerprint density at radius 2 is 1.81 bits per heavy atom. The predicted octanol–water partition coefficient (Wildman–Crippen LogP) is 5.67. The van der Waals surface area contributed by atoms with Crippen molar-refractivity contribution in [3.63, 3.8) is 0 Å². The molecule has 0 unspecified atom stereocenters. The van der Waals surface area contributed by atoms with E-state index in [0.29, 0.717) is 17.0 Å². The molecule has 0 aliphatic heterocycles. The van der Waals surface area contributed by atoms with E-state index in [-0.39, 0.29) is 17.1 Å². The molecule has 0 saturated heterocycles. The number of nitrogens with one attached hydrogen (secondary N) is 1. The van der Waals surface area contributed by atoms with Gasteiger partial charge in [-0.05, 0) is 61.4 Å². The van der Waals surface area contributed by atoms with Crippen molar-refractivity contribution in [3.05, 3.63) is 105 Å². The fourth-order valence-corrected chi connectivity index (χ4v) is 3.53. The van der Waals surface area contributed by atoms with Crippen molar-refractivity contribution in [3.8, 4) is 17.7 Å². The van der Waals surface area contributed by atoms with Gasteiger partial charge in [-0.15, -0.1) is 0 Å². The van der Waals surface area contributed by atoms with Crippen LogP contribution in [0.2, 0.25) is 0 Å². The van der Waals surface area contributed by atoms with Crippen LogP contribution < -0.4 is 15.6 Å². The van der Waals surface area contributed by atoms with Gasteiger partial charge in [-0.3, -0.25) is 14.0 Å². The second-order valence-electron chi connectivity index (χ2n) is 8.09. The Morgan fingerprint density at radius 1 is 1.08 bits per heavy atom. The summed E-state index contributed by atoms with van der Waals surface area (Å²) in [5, 5.41) is 11.9. The number of benzene rings is 2. The van der Waals surface area contributed by atoms with Crippen LogP contribution in [0.4, 0.5) is 18.9 Å². The minimum Gasteiger partial charge on any atom is -0.438 e. The van der Waals surface area contributed by atoms with Gasteiger partial charge in [0.05, 0.1) is 5.56 Å². The molecule has 1 N–H and O–H groups in total. The molecule has 37 heavy (non-hydrogen) atoms. The Morgan fingerprint density at radius 3 is 2.51 bits per heavy atom. The van der Waals surface area contributed by atoms with Gasteiger partial charge in [0, 0.05) is 11.9 Å². The molecule has 2 aromatic heterocycles. The number of alkyl halides is 3. The van der Waals surface area contributed by atoms with Crippen LogP contribution in [0.15, 0.2) is 77.2 Å². The van der Waals surface area contributed by atoms with E-state index in [1.807, 2.05) is 6.07 Å². The van der Waals surface area contributed by atoms with Crippen molar-refractivity contribution >= 4 is 23.3 Å². The first-order valence-electron chi connectivity index (χ1n) is 10.9. The highest BCUT2D eigenvalue weighted by Crippen LogP contribution is 2.31. The molecular formula is C27H19F3N4O3. The van der Waals surface area contributed by atoms with Crippen LogP contribution in [0.3, 0.4) is 0 Å². The van der Waals surface area contributed by atoms with Crippen molar-refractivity contribution in [1.29, 1.82) is 5.26 Å². The monoisotopic (exact) mass is 504 g/mol. The maximum atomic E-state index is 13.4. The highest BCUT2D eigenvalue weighted by Gasteiger charge is 2.30. The van der Waals surface area contributed by atoms with Gasteiger partial charge in [-0.2, -0.15) is 23.4 Å². The van der Waals surface area contributed by atoms with Gasteiger partial charge in [0.1, 0.15) is 28.6 Å². The number of fused-ring (bicyclic) bond motifs is 1. The Bertz CT molecular complexity index is 1650. The van der Waals surface area contributed by atoms with Crippen LogP contribution >= 0.6 is 0 Å². The molecule has 2 aromatic carbocycles. The standard InChI is InChI=1S/C27H19F3N4O3/c1-16-7-3-4-11-22(16)37-25-21(26(36)34-12-6-8-17(2)23(34)33-25)13-18(15-31)24(35)32-20-10-5-9-19(14-20)27(28,29)30/h3-14H,1-2H3,(H,32,35)/b18-13-. The van der Waals surface area contributed by atoms with E-state index >= 15 is 0 Å². The number of hydrogen-bond acceptors (Lipinski definition) is 5. The Kier molecular flexibility index (Phi) is 6.80. The number of rotatable bonds is 5. The molecule has 186 valence electrons. The largest absolute Gasteiger partial charge is 0.438 e. The van der Waals surface area contributed by atoms with E-state index in [1.54, 1.807) is 50.2 Å². The number of amides is 1. The summed E-state index contributed by atoms with van der Waals surface area (Å²) in [4.78, 5) is 30.7. The highest BCUT2D eigenvalue weighted by molar-refractivity contribution is 6.09. The first-order valence-corrected chi connectivity index (χ1v) is 10.9. The summed E-state index contributed by atoms with van der Waals surface area (Å²) in [5.41, 5.74) is -0.673. The minimum atomic E-state index is -4.61. The molecule has 0 fully saturated rings. The van der Waals surface area contributed by atoms with Gasteiger partial charge in [-0.1, -0.05) is 30.3 Å². The molecule has 0 aliphatic carbocycles. The number of aryl methyl sites for hydroxylation is 2. The quantitative estimate of drug-likeness (QED) is 0.279. The van der Waals surface area contributed by atoms with E-state index < -0.39 is 28.8 Å². The number of hydrogen-bond donors (Lipinski definition) is 1. The maximum Gasteiger partial charge on any atom is 0.416 e. The second-order valence-corrected chi connectivity index (χ2v) is 8.09. The summed E-state index contributed by atoms with van der Waals surface area (Å²) in [7, 11) is 0. The fraction of sp³-hybridized carbons (Fsp3) is 0.111. The maximum absolute atomic E-state index is 13.4. The van der Waals surface area contributed by atoms with Crippen molar-refractivity contribution in [2.75, 3.05) is 5.32 Å². The molecular weight excluding hydrogens is 485 g/mol. The number of carbonyl (C=O) groups is 1. The van der Waals surface area contributed by atoms with E-state index in [9.17, 15) is 28.0 Å². The third kappa shape index (κ3) is 5.36. The van der Waals surface area contributed by atoms with Gasteiger partial charge in [0.25, 0.3) is 11.5 Å². The lowest BCUT2D eigenvalue weighted by molar-refractivity contribution is -0.137. The number of anilines is 1. The van der Waals surface area contributed by atoms with Crippen LogP contribution in [0.5, 0.6) is 11.6 Å². The Hall–Kier alpha value is -4.91. The van der Waals surface area contributed by atoms with Crippen molar-refractivity contribution in [1.82, 2.24) is 9.38 Å². The predicted molar refractivity (Wildman–Crippen MR) is 131 cm³/mol. The van der Waals surface area contributed by atoms with Gasteiger partial charge in [-0.25, -0.2) is 0 Å². The zero-order valence-electron chi connectivity index (χ0n) is 19.6. The SMILES string of the molecule is Cc1ccccc1Oc1nc2c(C)cccn2c(=O)c1/C=C(/C#N)C(=O)Nc1cccc(C(F)(F)F)c1. The average molecular weight is 504 g/mol. The third-order valence-electron chi connectivity index (χ3n) is 5.45. The smallest absolute Gasteiger partial charge is 0.416 e. The molecule has 0 spiro atoms. The summed E-state index contributed by atoms with van der Waals surface area (Å²) in [6, 6.07) is 16.1. The molecule has 4 aromatic rings. The molecule has 2 heterocycles. The lowest BCUT2D eigenvalue weighted by atomic mass is 10.1. The van der Waals surface area contributed by atoms with Gasteiger partial charge in [0.15, 0.2) is 0 Å². The Labute approximate surface area is 209 Å². The molecule has 10 heteroatoms. The van der Waals surface area contributed by atoms with E-state index in [2.05, 4.69) is 10.3 Å². The number of nitrogens with zero attached hydrogens (tertiary/aromatic N) is 3. The zero-order chi connectivity index (χ0) is 26.7. The first kappa shape index (κ1) is 25.2. The topological polar surface area (TPSA) is 96.5 Å². The molecule has 0 saturated carbocycles. The fourth-order valence-electron chi connectivity index (χ4n) is 3.53. The van der Waals surface area contributed by atoms with Gasteiger partial charge >= 0.3 is 6.18 Å². The van der Waals surface area contributed by atoms with Crippen molar-refractivity contribution < 1.29 is 22.7 Å². The van der Waals surface area contributed by atoms with Crippen molar-refractivity contribution in [2.24, 2.45) is 0 Å². The number of aromatic nitrogens is 2. The molecule has 7 nitrogen and oxygen atoms in total. The second kappa shape index (κ2) is 9.99. The summed E-state index contributed by atoms with van der Waals surface area (Å²) in [6.07, 6.45) is -2.11. The van der Waals surface area contributed by atoms with E-state index in [0.717, 1.165) is 29.8 Å². The molecule has 0 bridgehead atoms. The summed E-state index contributed by atoms with van der Waals surface area (Å²) < 4.78 is 46.3. The summed E-state index contributed by atoms with van der Waals surface area (Å²) >= 11 is 0. The number of carbonyl (C=O) groups excluding carboxylic acids is 1. The summed E-state index contributed by atoms with van der Waals surface area (Å²) in [6.45, 7) is 3.56. The number of ether oxygens (including phenoxy) is 1. The van der Waals surface area contributed by atoms with Crippen LogP contribution in [0.1, 0.15) is 22.3 Å². The molecule has 4 rings (SSSR count). The van der Waals surface area contributed by atoms with E-state index in [1.165, 1.54) is 16.7 Å². The Balaban J connectivity index is 1.81. The lowest BCUT2D eigenvalue weighted by Crippen LogP contribution is -2.21. The van der Waals surface area contributed by atoms with Crippen LogP contribution in [0.25, 0.3) is 11.7 Å². The summed E-state index contributed by atoms with van der Waals surface area (Å²) in [5.74, 6) is -0.723. The molecule has 1 amide bonds. The van der Waals surface area contributed by atoms with E-state index in [4.69, 9.17) is 4.74 Å². The number of nitriles is 1. The van der Waals surface area contributed by atoms with Crippen LogP contribution in [0, 0.1) is 25.2 Å². The zero-order valence-corrected chi connectivity index (χ0v) is 19.6. The van der Waals surface area contributed by atoms with Crippen LogP contribution in [-0.4, -0.2) is 15.3 Å². The average Bonchev–Trinajstić information content (AvgIpc) is 2.85. The van der Waals surface area contributed by atoms with Gasteiger partial charge < -0.3 is 10.1 Å². The minimum absolute atomic E-state index is 0.131. The molecule has 0 aliphatic rings. The third-order valence-corrected chi connectivity index (χ3v) is 5.45. The molecule has 0 atom stereocenters. The van der Waals surface area contributed by atoms with Gasteiger partial charge in [0.2, 0.25) is 5.88 Å². The number of halogens is 3. The number of para-hydroxylation sites is 1. The normalized spacial score (nSPS) is 11.7. The molecule has 0 radical (unpaired) electrons. The first-order chi connectivity index (χ1) is 17.6. The number of pyridine rings is 1.